The number of hydrogen-bond donors (Lipinski definition) is 1. The molecule has 0 spiro atoms. The van der Waals surface area contributed by atoms with Crippen LogP contribution in [0.25, 0.3) is 32.9 Å². The zero-order chi connectivity index (χ0) is 28.1. The van der Waals surface area contributed by atoms with Crippen molar-refractivity contribution in [2.45, 2.75) is 43.7 Å². The molecule has 0 aliphatic carbocycles. The van der Waals surface area contributed by atoms with Gasteiger partial charge in [0.1, 0.15) is 29.5 Å². The number of benzene rings is 2. The summed E-state index contributed by atoms with van der Waals surface area (Å²) >= 11 is 0. The maximum absolute atomic E-state index is 16.6. The molecule has 0 amide bonds. The van der Waals surface area contributed by atoms with E-state index in [2.05, 4.69) is 31.0 Å². The summed E-state index contributed by atoms with van der Waals surface area (Å²) in [5.74, 6) is 1.87. The minimum absolute atomic E-state index is 0.000352. The maximum atomic E-state index is 16.6. The van der Waals surface area contributed by atoms with E-state index in [-0.39, 0.29) is 34.4 Å². The Hall–Kier alpha value is -3.87. The van der Waals surface area contributed by atoms with Crippen molar-refractivity contribution >= 4 is 27.5 Å². The molecule has 7 rings (SSSR count). The number of halogens is 2. The lowest BCUT2D eigenvalue weighted by molar-refractivity contribution is 0.108. The summed E-state index contributed by atoms with van der Waals surface area (Å²) in [5.41, 5.74) is 0.673. The van der Waals surface area contributed by atoms with Crippen LogP contribution < -0.4 is 15.0 Å². The molecule has 1 atom stereocenters. The third-order valence-corrected chi connectivity index (χ3v) is 9.23. The fourth-order valence-corrected chi connectivity index (χ4v) is 7.04. The van der Waals surface area contributed by atoms with Gasteiger partial charge >= 0.3 is 6.01 Å². The Balaban J connectivity index is 1.37. The van der Waals surface area contributed by atoms with Crippen LogP contribution in [-0.2, 0) is 0 Å². The third kappa shape index (κ3) is 4.28. The van der Waals surface area contributed by atoms with Gasteiger partial charge < -0.3 is 15.0 Å². The van der Waals surface area contributed by atoms with Crippen molar-refractivity contribution in [3.63, 3.8) is 0 Å². The fraction of sp³-hybridized carbons (Fsp3) is 0.406. The molecule has 2 aromatic heterocycles. The number of aromatic nitrogens is 3. The number of likely N-dealkylation sites (N-methyl/N-ethyl adjacent to an activating group) is 1. The molecule has 1 N–H and O–H groups in total. The predicted octanol–water partition coefficient (Wildman–Crippen LogP) is 4.91. The number of nitrogens with one attached hydrogen (secondary N) is 1. The summed E-state index contributed by atoms with van der Waals surface area (Å²) < 4.78 is 37.6. The van der Waals surface area contributed by atoms with Crippen molar-refractivity contribution in [1.82, 2.24) is 25.2 Å². The second kappa shape index (κ2) is 10.2. The van der Waals surface area contributed by atoms with Gasteiger partial charge in [0.05, 0.1) is 16.5 Å². The molecule has 7 nitrogen and oxygen atoms in total. The van der Waals surface area contributed by atoms with E-state index < -0.39 is 11.6 Å². The smallest absolute Gasteiger partial charge is 0.319 e. The van der Waals surface area contributed by atoms with Crippen LogP contribution in [0, 0.1) is 24.0 Å². The first-order valence-electron chi connectivity index (χ1n) is 14.3. The van der Waals surface area contributed by atoms with Gasteiger partial charge in [0.2, 0.25) is 0 Å². The summed E-state index contributed by atoms with van der Waals surface area (Å²) in [5, 5.41) is 5.04. The highest BCUT2D eigenvalue weighted by molar-refractivity contribution is 6.02. The molecule has 3 aliphatic rings. The fourth-order valence-electron chi connectivity index (χ4n) is 7.04. The highest BCUT2D eigenvalue weighted by atomic mass is 19.1. The Morgan fingerprint density at radius 1 is 1.17 bits per heavy atom. The van der Waals surface area contributed by atoms with Crippen LogP contribution in [0.2, 0.25) is 0 Å². The van der Waals surface area contributed by atoms with Crippen LogP contribution in [0.4, 0.5) is 14.6 Å². The highest BCUT2D eigenvalue weighted by Crippen LogP contribution is 2.40. The molecule has 0 radical (unpaired) electrons. The zero-order valence-electron chi connectivity index (χ0n) is 23.1. The normalized spacial score (nSPS) is 20.0. The van der Waals surface area contributed by atoms with Crippen molar-refractivity contribution in [1.29, 1.82) is 0 Å². The molecule has 1 unspecified atom stereocenters. The van der Waals surface area contributed by atoms with E-state index in [1.165, 1.54) is 6.07 Å². The first-order valence-corrected chi connectivity index (χ1v) is 14.3. The predicted molar refractivity (Wildman–Crippen MR) is 156 cm³/mol. The van der Waals surface area contributed by atoms with Gasteiger partial charge in [0.15, 0.2) is 5.82 Å². The molecule has 4 aromatic rings. The number of ether oxygens (including phenoxy) is 1. The van der Waals surface area contributed by atoms with Gasteiger partial charge in [-0.2, -0.15) is 9.97 Å². The Morgan fingerprint density at radius 2 is 2.00 bits per heavy atom. The lowest BCUT2D eigenvalue weighted by Gasteiger charge is -2.31. The molecular formula is C32H32F2N6O. The summed E-state index contributed by atoms with van der Waals surface area (Å²) in [6.07, 6.45) is 12.7. The van der Waals surface area contributed by atoms with Gasteiger partial charge in [0.25, 0.3) is 0 Å². The number of fused-ring (bicyclic) bond motifs is 3. The number of terminal acetylenes is 1. The molecule has 0 bridgehead atoms. The number of rotatable bonds is 6. The van der Waals surface area contributed by atoms with Crippen molar-refractivity contribution in [2.24, 2.45) is 0 Å². The monoisotopic (exact) mass is 554 g/mol. The second-order valence-corrected chi connectivity index (χ2v) is 11.4. The Morgan fingerprint density at radius 3 is 2.76 bits per heavy atom. The lowest BCUT2D eigenvalue weighted by Crippen LogP contribution is -2.43. The Bertz CT molecular complexity index is 1690. The van der Waals surface area contributed by atoms with Crippen molar-refractivity contribution in [3.8, 4) is 29.6 Å². The molecular weight excluding hydrogens is 522 g/mol. The standard InChI is InChI=1S/C32H32F2N6O/c1-3-22-25(33)10-9-20-7-4-8-23(26(20)22)28-27(34)29-24(18-36-28)30(39(2)21-11-14-35-17-21)38-31(37-29)41-19-32-12-5-15-40(32)16-6-13-32/h1,4,7-10,18,21,35H,5-6,11-17,19H2,2H3. The topological polar surface area (TPSA) is 66.4 Å². The Labute approximate surface area is 237 Å². The molecule has 41 heavy (non-hydrogen) atoms. The van der Waals surface area contributed by atoms with E-state index in [9.17, 15) is 4.39 Å². The number of anilines is 1. The van der Waals surface area contributed by atoms with Gasteiger partial charge in [0, 0.05) is 36.8 Å². The van der Waals surface area contributed by atoms with Crippen LogP contribution in [0.15, 0.2) is 36.5 Å². The summed E-state index contributed by atoms with van der Waals surface area (Å²) in [7, 11) is 1.97. The molecule has 2 aromatic carbocycles. The van der Waals surface area contributed by atoms with Gasteiger partial charge in [-0.15, -0.1) is 6.42 Å². The number of hydrogen-bond acceptors (Lipinski definition) is 7. The molecule has 0 saturated carbocycles. The molecule has 3 aliphatic heterocycles. The highest BCUT2D eigenvalue weighted by Gasteiger charge is 2.45. The minimum atomic E-state index is -0.616. The average Bonchev–Trinajstić information content (AvgIpc) is 3.74. The van der Waals surface area contributed by atoms with Crippen LogP contribution in [0.3, 0.4) is 0 Å². The van der Waals surface area contributed by atoms with Crippen molar-refractivity contribution in [2.75, 3.05) is 44.7 Å². The SMILES string of the molecule is C#Cc1c(F)ccc2cccc(-c3ncc4c(N(C)C5CCNC5)nc(OCC56CCCN5CCC6)nc4c3F)c12. The molecule has 3 fully saturated rings. The first kappa shape index (κ1) is 26.1. The Kier molecular flexibility index (Phi) is 6.48. The van der Waals surface area contributed by atoms with Gasteiger partial charge in [-0.25, -0.2) is 8.78 Å². The average molecular weight is 555 g/mol. The van der Waals surface area contributed by atoms with Crippen molar-refractivity contribution < 1.29 is 13.5 Å². The summed E-state index contributed by atoms with van der Waals surface area (Å²) in [6, 6.07) is 8.64. The van der Waals surface area contributed by atoms with E-state index in [0.717, 1.165) is 58.3 Å². The van der Waals surface area contributed by atoms with Gasteiger partial charge in [-0.1, -0.05) is 30.2 Å². The third-order valence-electron chi connectivity index (χ3n) is 9.23. The zero-order valence-corrected chi connectivity index (χ0v) is 23.1. The molecule has 3 saturated heterocycles. The van der Waals surface area contributed by atoms with E-state index in [1.54, 1.807) is 24.4 Å². The lowest BCUT2D eigenvalue weighted by atomic mass is 9.95. The molecule has 9 heteroatoms. The summed E-state index contributed by atoms with van der Waals surface area (Å²) in [4.78, 5) is 18.6. The second-order valence-electron chi connectivity index (χ2n) is 11.4. The van der Waals surface area contributed by atoms with Gasteiger partial charge in [-0.3, -0.25) is 9.88 Å². The minimum Gasteiger partial charge on any atom is -0.461 e. The first-order chi connectivity index (χ1) is 20.0. The van der Waals surface area contributed by atoms with E-state index >= 15 is 4.39 Å². The quantitative estimate of drug-likeness (QED) is 0.340. The van der Waals surface area contributed by atoms with E-state index in [4.69, 9.17) is 16.1 Å². The van der Waals surface area contributed by atoms with E-state index in [0.29, 0.717) is 34.1 Å². The van der Waals surface area contributed by atoms with E-state index in [1.807, 2.05) is 13.1 Å². The van der Waals surface area contributed by atoms with Crippen LogP contribution in [0.1, 0.15) is 37.7 Å². The maximum Gasteiger partial charge on any atom is 0.319 e. The largest absolute Gasteiger partial charge is 0.461 e. The number of pyridine rings is 1. The molecule has 5 heterocycles. The molecule has 210 valence electrons. The number of nitrogens with zero attached hydrogens (tertiary/aromatic N) is 5. The van der Waals surface area contributed by atoms with Crippen molar-refractivity contribution in [3.05, 3.63) is 53.7 Å². The van der Waals surface area contributed by atoms with Crippen LogP contribution in [-0.4, -0.2) is 71.3 Å². The van der Waals surface area contributed by atoms with Gasteiger partial charge in [-0.05, 0) is 63.2 Å². The van der Waals surface area contributed by atoms with Crippen LogP contribution in [0.5, 0.6) is 6.01 Å². The van der Waals surface area contributed by atoms with Crippen LogP contribution >= 0.6 is 0 Å². The summed E-state index contributed by atoms with van der Waals surface area (Å²) in [6.45, 7) is 4.35.